The Morgan fingerprint density at radius 1 is 1.12 bits per heavy atom. The first-order chi connectivity index (χ1) is 11.7. The van der Waals surface area contributed by atoms with Crippen LogP contribution in [0, 0.1) is 11.3 Å². The van der Waals surface area contributed by atoms with Crippen LogP contribution in [-0.4, -0.2) is 13.6 Å². The number of nitriles is 1. The lowest BCUT2D eigenvalue weighted by Gasteiger charge is -2.14. The van der Waals surface area contributed by atoms with Gasteiger partial charge in [0.2, 0.25) is 0 Å². The third kappa shape index (κ3) is 5.17. The Hall–Kier alpha value is -2.73. The summed E-state index contributed by atoms with van der Waals surface area (Å²) in [6, 6.07) is 18.9. The fraction of sp³-hybridized carbons (Fsp3) is 0.286. The van der Waals surface area contributed by atoms with E-state index >= 15 is 0 Å². The molecule has 0 saturated heterocycles. The van der Waals surface area contributed by atoms with Crippen molar-refractivity contribution in [1.29, 1.82) is 5.26 Å². The lowest BCUT2D eigenvalue weighted by molar-refractivity contribution is 0.784. The molecule has 0 aliphatic rings. The van der Waals surface area contributed by atoms with Crippen LogP contribution in [-0.2, 0) is 0 Å². The summed E-state index contributed by atoms with van der Waals surface area (Å²) in [5, 5.41) is 15.0. The first-order valence-corrected chi connectivity index (χ1v) is 8.38. The Morgan fingerprint density at radius 3 is 2.58 bits per heavy atom. The molecule has 2 rings (SSSR count). The Morgan fingerprint density at radius 2 is 1.88 bits per heavy atom. The molecule has 3 nitrogen and oxygen atoms in total. The van der Waals surface area contributed by atoms with Gasteiger partial charge in [-0.05, 0) is 41.7 Å². The van der Waals surface area contributed by atoms with Crippen LogP contribution in [0.2, 0.25) is 0 Å². The fourth-order valence-corrected chi connectivity index (χ4v) is 2.66. The summed E-state index contributed by atoms with van der Waals surface area (Å²) in [4.78, 5) is 0. The van der Waals surface area contributed by atoms with Crippen LogP contribution in [0.3, 0.4) is 0 Å². The van der Waals surface area contributed by atoms with Crippen molar-refractivity contribution in [3.05, 3.63) is 65.7 Å². The zero-order valence-electron chi connectivity index (χ0n) is 14.4. The van der Waals surface area contributed by atoms with Gasteiger partial charge in [0, 0.05) is 25.0 Å². The number of anilines is 2. The van der Waals surface area contributed by atoms with E-state index in [2.05, 4.69) is 84.3 Å². The first kappa shape index (κ1) is 17.6. The van der Waals surface area contributed by atoms with Gasteiger partial charge in [-0.25, -0.2) is 0 Å². The first-order valence-electron chi connectivity index (χ1n) is 8.38. The topological polar surface area (TPSA) is 47.8 Å². The molecule has 1 unspecified atom stereocenters. The van der Waals surface area contributed by atoms with E-state index in [0.717, 1.165) is 12.1 Å². The molecule has 0 aliphatic carbocycles. The normalized spacial score (nSPS) is 11.9. The van der Waals surface area contributed by atoms with E-state index in [-0.39, 0.29) is 0 Å². The molecule has 0 aromatic heterocycles. The molecule has 0 heterocycles. The van der Waals surface area contributed by atoms with E-state index in [4.69, 9.17) is 5.26 Å². The predicted molar refractivity (Wildman–Crippen MR) is 103 cm³/mol. The second kappa shape index (κ2) is 9.42. The molecule has 2 aromatic rings. The molecule has 1 atom stereocenters. The van der Waals surface area contributed by atoms with Crippen molar-refractivity contribution in [3.8, 4) is 6.07 Å². The van der Waals surface area contributed by atoms with Gasteiger partial charge in [0.05, 0.1) is 12.5 Å². The molecule has 2 aromatic carbocycles. The third-order valence-corrected chi connectivity index (χ3v) is 4.04. The Labute approximate surface area is 145 Å². The quantitative estimate of drug-likeness (QED) is 0.652. The molecule has 0 aliphatic heterocycles. The Balaban J connectivity index is 1.90. The van der Waals surface area contributed by atoms with Crippen molar-refractivity contribution in [2.45, 2.75) is 25.7 Å². The molecular weight excluding hydrogens is 294 g/mol. The van der Waals surface area contributed by atoms with E-state index in [1.54, 1.807) is 0 Å². The van der Waals surface area contributed by atoms with Gasteiger partial charge in [-0.3, -0.25) is 0 Å². The SMILES string of the molecule is CNc1ccccc1C(C)C/C=C/c1ccc(NCCC#N)cc1. The minimum absolute atomic E-state index is 0.469. The highest BCUT2D eigenvalue weighted by Crippen LogP contribution is 2.27. The van der Waals surface area contributed by atoms with Gasteiger partial charge in [-0.15, -0.1) is 0 Å². The van der Waals surface area contributed by atoms with Crippen molar-refractivity contribution in [2.75, 3.05) is 24.2 Å². The lowest BCUT2D eigenvalue weighted by Crippen LogP contribution is -1.99. The minimum Gasteiger partial charge on any atom is -0.388 e. The van der Waals surface area contributed by atoms with Gasteiger partial charge in [-0.1, -0.05) is 49.4 Å². The van der Waals surface area contributed by atoms with Crippen molar-refractivity contribution in [1.82, 2.24) is 0 Å². The molecule has 24 heavy (non-hydrogen) atoms. The van der Waals surface area contributed by atoms with E-state index in [1.165, 1.54) is 16.8 Å². The minimum atomic E-state index is 0.469. The predicted octanol–water partition coefficient (Wildman–Crippen LogP) is 5.26. The summed E-state index contributed by atoms with van der Waals surface area (Å²) in [5.74, 6) is 0.469. The average molecular weight is 319 g/mol. The monoisotopic (exact) mass is 319 g/mol. The molecule has 0 bridgehead atoms. The summed E-state index contributed by atoms with van der Waals surface area (Å²) in [5.41, 5.74) is 4.79. The number of allylic oxidation sites excluding steroid dienone is 1. The van der Waals surface area contributed by atoms with Crippen LogP contribution in [0.1, 0.15) is 36.8 Å². The smallest absolute Gasteiger partial charge is 0.0640 e. The van der Waals surface area contributed by atoms with Crippen LogP contribution in [0.15, 0.2) is 54.6 Å². The average Bonchev–Trinajstić information content (AvgIpc) is 2.63. The third-order valence-electron chi connectivity index (χ3n) is 4.04. The van der Waals surface area contributed by atoms with Crippen LogP contribution >= 0.6 is 0 Å². The van der Waals surface area contributed by atoms with Crippen molar-refractivity contribution >= 4 is 17.5 Å². The molecule has 2 N–H and O–H groups in total. The zero-order chi connectivity index (χ0) is 17.2. The molecule has 0 radical (unpaired) electrons. The number of hydrogen-bond acceptors (Lipinski definition) is 3. The van der Waals surface area contributed by atoms with Gasteiger partial charge < -0.3 is 10.6 Å². The van der Waals surface area contributed by atoms with Gasteiger partial charge in [0.1, 0.15) is 0 Å². The summed E-state index contributed by atoms with van der Waals surface area (Å²) >= 11 is 0. The molecule has 0 saturated carbocycles. The second-order valence-electron chi connectivity index (χ2n) is 5.83. The molecule has 0 spiro atoms. The molecule has 0 fully saturated rings. The summed E-state index contributed by atoms with van der Waals surface area (Å²) in [7, 11) is 1.97. The van der Waals surface area contributed by atoms with Crippen LogP contribution < -0.4 is 10.6 Å². The highest BCUT2D eigenvalue weighted by Gasteiger charge is 2.07. The summed E-state index contributed by atoms with van der Waals surface area (Å²) < 4.78 is 0. The van der Waals surface area contributed by atoms with Gasteiger partial charge in [-0.2, -0.15) is 5.26 Å². The Bertz CT molecular complexity index is 696. The fourth-order valence-electron chi connectivity index (χ4n) is 2.66. The number of rotatable bonds is 8. The van der Waals surface area contributed by atoms with Crippen molar-refractivity contribution < 1.29 is 0 Å². The zero-order valence-corrected chi connectivity index (χ0v) is 14.4. The van der Waals surface area contributed by atoms with Crippen LogP contribution in [0.4, 0.5) is 11.4 Å². The van der Waals surface area contributed by atoms with Crippen LogP contribution in [0.25, 0.3) is 6.08 Å². The maximum Gasteiger partial charge on any atom is 0.0640 e. The van der Waals surface area contributed by atoms with Crippen molar-refractivity contribution in [3.63, 3.8) is 0 Å². The Kier molecular flexibility index (Phi) is 6.91. The standard InChI is InChI=1S/C21H25N3/c1-17(20-9-3-4-10-21(20)23-2)7-5-8-18-11-13-19(14-12-18)24-16-6-15-22/h3-5,8-14,17,23-24H,6-7,16H2,1-2H3/b8-5+. The highest BCUT2D eigenvalue weighted by atomic mass is 14.9. The molecule has 3 heteroatoms. The maximum atomic E-state index is 8.54. The lowest BCUT2D eigenvalue weighted by atomic mass is 9.95. The largest absolute Gasteiger partial charge is 0.388 e. The van der Waals surface area contributed by atoms with Crippen LogP contribution in [0.5, 0.6) is 0 Å². The maximum absolute atomic E-state index is 8.54. The van der Waals surface area contributed by atoms with Gasteiger partial charge in [0.15, 0.2) is 0 Å². The summed E-state index contributed by atoms with van der Waals surface area (Å²) in [6.45, 7) is 2.94. The molecule has 124 valence electrons. The molecule has 0 amide bonds. The van der Waals surface area contributed by atoms with Crippen molar-refractivity contribution in [2.24, 2.45) is 0 Å². The second-order valence-corrected chi connectivity index (χ2v) is 5.83. The highest BCUT2D eigenvalue weighted by molar-refractivity contribution is 5.56. The number of nitrogens with zero attached hydrogens (tertiary/aromatic N) is 1. The van der Waals surface area contributed by atoms with Gasteiger partial charge >= 0.3 is 0 Å². The molecular formula is C21H25N3. The number of nitrogens with one attached hydrogen (secondary N) is 2. The number of para-hydroxylation sites is 1. The number of benzene rings is 2. The van der Waals surface area contributed by atoms with Gasteiger partial charge in [0.25, 0.3) is 0 Å². The summed E-state index contributed by atoms with van der Waals surface area (Å²) in [6.07, 6.45) is 5.92. The number of hydrogen-bond donors (Lipinski definition) is 2. The van der Waals surface area contributed by atoms with E-state index in [9.17, 15) is 0 Å². The van der Waals surface area contributed by atoms with E-state index in [1.807, 2.05) is 7.05 Å². The van der Waals surface area contributed by atoms with E-state index < -0.39 is 0 Å². The van der Waals surface area contributed by atoms with E-state index in [0.29, 0.717) is 18.9 Å².